The third-order valence-electron chi connectivity index (χ3n) is 5.70. The summed E-state index contributed by atoms with van der Waals surface area (Å²) < 4.78 is 33.3. The van der Waals surface area contributed by atoms with Gasteiger partial charge in [-0.05, 0) is 57.2 Å². The van der Waals surface area contributed by atoms with Crippen molar-refractivity contribution in [1.29, 1.82) is 0 Å². The van der Waals surface area contributed by atoms with Gasteiger partial charge in [-0.25, -0.2) is 8.42 Å². The average Bonchev–Trinajstić information content (AvgIpc) is 3.05. The highest BCUT2D eigenvalue weighted by Gasteiger charge is 2.28. The Hall–Kier alpha value is -1.86. The highest BCUT2D eigenvalue weighted by Crippen LogP contribution is 2.30. The number of rotatable bonds is 3. The quantitative estimate of drug-likeness (QED) is 0.804. The van der Waals surface area contributed by atoms with Crippen molar-refractivity contribution in [3.8, 4) is 0 Å². The van der Waals surface area contributed by atoms with Crippen LogP contribution in [0.25, 0.3) is 11.0 Å². The lowest BCUT2D eigenvalue weighted by Crippen LogP contribution is -2.35. The van der Waals surface area contributed by atoms with Crippen molar-refractivity contribution in [2.75, 3.05) is 26.2 Å². The number of hydrogen-bond donors (Lipinski definition) is 0. The van der Waals surface area contributed by atoms with Gasteiger partial charge < -0.3 is 9.32 Å². The van der Waals surface area contributed by atoms with E-state index in [1.165, 1.54) is 0 Å². The average molecular weight is 391 g/mol. The first-order valence-electron chi connectivity index (χ1n) is 9.81. The topological polar surface area (TPSA) is 70.8 Å². The third-order valence-corrected chi connectivity index (χ3v) is 7.59. The number of amides is 1. The lowest BCUT2D eigenvalue weighted by molar-refractivity contribution is 0.0693. The molecule has 2 aliphatic rings. The molecule has 3 heterocycles. The minimum Gasteiger partial charge on any atom is -0.451 e. The zero-order chi connectivity index (χ0) is 19.0. The maximum atomic E-state index is 13.0. The van der Waals surface area contributed by atoms with Crippen LogP contribution in [0.4, 0.5) is 0 Å². The van der Waals surface area contributed by atoms with Crippen molar-refractivity contribution in [3.63, 3.8) is 0 Å². The molecule has 1 amide bonds. The fraction of sp³-hybridized carbons (Fsp3) is 0.550. The Balaban J connectivity index is 1.68. The first-order valence-corrected chi connectivity index (χ1v) is 11.2. The summed E-state index contributed by atoms with van der Waals surface area (Å²) in [5.41, 5.74) is 1.28. The molecule has 6 nitrogen and oxygen atoms in total. The summed E-state index contributed by atoms with van der Waals surface area (Å²) in [6.45, 7) is 4.49. The second-order valence-electron chi connectivity index (χ2n) is 7.53. The van der Waals surface area contributed by atoms with E-state index in [1.807, 2.05) is 11.8 Å². The van der Waals surface area contributed by atoms with Crippen molar-refractivity contribution in [1.82, 2.24) is 9.21 Å². The lowest BCUT2D eigenvalue weighted by atomic mass is 10.1. The molecule has 0 N–H and O–H groups in total. The minimum absolute atomic E-state index is 0.0937. The summed E-state index contributed by atoms with van der Waals surface area (Å²) in [6.07, 6.45) is 6.07. The van der Waals surface area contributed by atoms with Crippen molar-refractivity contribution >= 4 is 26.9 Å². The van der Waals surface area contributed by atoms with Gasteiger partial charge in [0.05, 0.1) is 4.90 Å². The van der Waals surface area contributed by atoms with Crippen LogP contribution in [-0.2, 0) is 10.0 Å². The largest absolute Gasteiger partial charge is 0.451 e. The molecule has 0 radical (unpaired) electrons. The molecule has 0 bridgehead atoms. The number of benzene rings is 1. The van der Waals surface area contributed by atoms with Gasteiger partial charge in [-0.3, -0.25) is 4.79 Å². The van der Waals surface area contributed by atoms with Gasteiger partial charge in [0.1, 0.15) is 5.58 Å². The number of aryl methyl sites for hydroxylation is 1. The molecule has 2 aromatic rings. The van der Waals surface area contributed by atoms with E-state index in [-0.39, 0.29) is 10.8 Å². The molecular weight excluding hydrogens is 364 g/mol. The maximum absolute atomic E-state index is 13.0. The molecule has 0 aliphatic carbocycles. The van der Waals surface area contributed by atoms with E-state index < -0.39 is 10.0 Å². The molecule has 0 atom stereocenters. The van der Waals surface area contributed by atoms with Gasteiger partial charge in [0, 0.05) is 37.1 Å². The number of furan rings is 1. The van der Waals surface area contributed by atoms with Crippen LogP contribution in [0.5, 0.6) is 0 Å². The lowest BCUT2D eigenvalue weighted by Gasteiger charge is -2.26. The van der Waals surface area contributed by atoms with Gasteiger partial charge in [0.25, 0.3) is 5.91 Å². The summed E-state index contributed by atoms with van der Waals surface area (Å²) in [5.74, 6) is 0.239. The minimum atomic E-state index is -3.51. The van der Waals surface area contributed by atoms with Crippen LogP contribution in [0.1, 0.15) is 54.6 Å². The van der Waals surface area contributed by atoms with Crippen molar-refractivity contribution in [2.24, 2.45) is 0 Å². The van der Waals surface area contributed by atoms with Crippen LogP contribution < -0.4 is 0 Å². The van der Waals surface area contributed by atoms with Crippen molar-refractivity contribution in [2.45, 2.75) is 50.3 Å². The molecule has 0 unspecified atom stereocenters. The highest BCUT2D eigenvalue weighted by molar-refractivity contribution is 7.89. The maximum Gasteiger partial charge on any atom is 0.289 e. The van der Waals surface area contributed by atoms with Crippen LogP contribution in [0, 0.1) is 6.92 Å². The number of nitrogens with zero attached hydrogens (tertiary/aromatic N) is 2. The Morgan fingerprint density at radius 3 is 2.26 bits per heavy atom. The van der Waals surface area contributed by atoms with Gasteiger partial charge in [0.2, 0.25) is 10.0 Å². The normalized spacial score (nSPS) is 19.5. The van der Waals surface area contributed by atoms with E-state index in [4.69, 9.17) is 4.42 Å². The summed E-state index contributed by atoms with van der Waals surface area (Å²) in [5, 5.41) is 0.702. The van der Waals surface area contributed by atoms with E-state index in [9.17, 15) is 13.2 Å². The van der Waals surface area contributed by atoms with Gasteiger partial charge in [0.15, 0.2) is 5.76 Å². The smallest absolute Gasteiger partial charge is 0.289 e. The number of fused-ring (bicyclic) bond motifs is 1. The monoisotopic (exact) mass is 390 g/mol. The molecular formula is C20H26N2O4S. The molecule has 7 heteroatoms. The van der Waals surface area contributed by atoms with E-state index in [0.29, 0.717) is 29.8 Å². The van der Waals surface area contributed by atoms with Gasteiger partial charge in [-0.1, -0.05) is 6.42 Å². The molecule has 2 saturated heterocycles. The summed E-state index contributed by atoms with van der Waals surface area (Å²) in [4.78, 5) is 14.9. The summed E-state index contributed by atoms with van der Waals surface area (Å²) in [6, 6.07) is 4.92. The third kappa shape index (κ3) is 3.38. The molecule has 0 spiro atoms. The molecule has 2 aliphatic heterocycles. The summed E-state index contributed by atoms with van der Waals surface area (Å²) in [7, 11) is -3.51. The van der Waals surface area contributed by atoms with Gasteiger partial charge >= 0.3 is 0 Å². The standard InChI is InChI=1S/C20H26N2O4S/c1-15-17-14-16(27(24,25)22-12-6-3-7-13-22)8-9-18(17)26-19(15)20(23)21-10-4-2-5-11-21/h8-9,14H,2-7,10-13H2,1H3. The van der Waals surface area contributed by atoms with Crippen LogP contribution in [0.15, 0.2) is 27.5 Å². The highest BCUT2D eigenvalue weighted by atomic mass is 32.2. The first-order chi connectivity index (χ1) is 13.0. The van der Waals surface area contributed by atoms with Crippen molar-refractivity contribution in [3.05, 3.63) is 29.5 Å². The number of carbonyl (C=O) groups is 1. The van der Waals surface area contributed by atoms with E-state index in [0.717, 1.165) is 57.2 Å². The Bertz CT molecular complexity index is 952. The van der Waals surface area contributed by atoms with Gasteiger partial charge in [-0.2, -0.15) is 4.31 Å². The Labute approximate surface area is 160 Å². The fourth-order valence-electron chi connectivity index (χ4n) is 4.06. The summed E-state index contributed by atoms with van der Waals surface area (Å²) >= 11 is 0. The Morgan fingerprint density at radius 2 is 1.59 bits per heavy atom. The van der Waals surface area contributed by atoms with E-state index >= 15 is 0 Å². The Morgan fingerprint density at radius 1 is 0.963 bits per heavy atom. The van der Waals surface area contributed by atoms with Crippen LogP contribution >= 0.6 is 0 Å². The predicted molar refractivity (Wildman–Crippen MR) is 103 cm³/mol. The molecule has 0 saturated carbocycles. The molecule has 146 valence electrons. The molecule has 1 aromatic carbocycles. The number of hydrogen-bond acceptors (Lipinski definition) is 4. The number of likely N-dealkylation sites (tertiary alicyclic amines) is 1. The van der Waals surface area contributed by atoms with Crippen molar-refractivity contribution < 1.29 is 17.6 Å². The van der Waals surface area contributed by atoms with E-state index in [2.05, 4.69) is 0 Å². The van der Waals surface area contributed by atoms with E-state index in [1.54, 1.807) is 22.5 Å². The molecule has 4 rings (SSSR count). The molecule has 2 fully saturated rings. The molecule has 1 aromatic heterocycles. The second kappa shape index (κ2) is 7.28. The number of carbonyl (C=O) groups excluding carboxylic acids is 1. The Kier molecular flexibility index (Phi) is 4.99. The molecule has 27 heavy (non-hydrogen) atoms. The SMILES string of the molecule is Cc1c(C(=O)N2CCCCC2)oc2ccc(S(=O)(=O)N3CCCCC3)cc12. The first kappa shape index (κ1) is 18.5. The number of piperidine rings is 2. The van der Waals surface area contributed by atoms with Crippen LogP contribution in [0.2, 0.25) is 0 Å². The zero-order valence-corrected chi connectivity index (χ0v) is 16.6. The predicted octanol–water partition coefficient (Wildman–Crippen LogP) is 3.54. The van der Waals surface area contributed by atoms with Gasteiger partial charge in [-0.15, -0.1) is 0 Å². The van der Waals surface area contributed by atoms with Crippen LogP contribution in [0.3, 0.4) is 0 Å². The van der Waals surface area contributed by atoms with Crippen LogP contribution in [-0.4, -0.2) is 49.7 Å². The second-order valence-corrected chi connectivity index (χ2v) is 9.47. The zero-order valence-electron chi connectivity index (χ0n) is 15.7. The number of sulfonamides is 1. The fourth-order valence-corrected chi connectivity index (χ4v) is 5.60.